The first-order valence-corrected chi connectivity index (χ1v) is 9.61. The van der Waals surface area contributed by atoms with Gasteiger partial charge in [-0.2, -0.15) is 5.10 Å². The predicted molar refractivity (Wildman–Crippen MR) is 108 cm³/mol. The first-order valence-electron chi connectivity index (χ1n) is 9.61. The van der Waals surface area contributed by atoms with Crippen molar-refractivity contribution in [1.29, 1.82) is 0 Å². The number of hydrogen-bond donors (Lipinski definition) is 0. The first kappa shape index (κ1) is 18.4. The van der Waals surface area contributed by atoms with Crippen LogP contribution in [0, 0.1) is 0 Å². The lowest BCUT2D eigenvalue weighted by atomic mass is 10.2. The minimum atomic E-state index is 0.700. The molecule has 0 radical (unpaired) electrons. The highest BCUT2D eigenvalue weighted by molar-refractivity contribution is 5.59. The molecule has 0 amide bonds. The molecule has 1 aliphatic rings. The second kappa shape index (κ2) is 8.39. The second-order valence-corrected chi connectivity index (χ2v) is 6.77. The van der Waals surface area contributed by atoms with Crippen LogP contribution in [-0.2, 0) is 17.7 Å². The first-order chi connectivity index (χ1) is 13.7. The summed E-state index contributed by atoms with van der Waals surface area (Å²) in [6.07, 6.45) is 4.77. The molecule has 0 aliphatic carbocycles. The second-order valence-electron chi connectivity index (χ2n) is 6.77. The molecule has 2 aromatic heterocycles. The monoisotopic (exact) mass is 379 g/mol. The van der Waals surface area contributed by atoms with Crippen LogP contribution in [0.2, 0.25) is 0 Å². The highest BCUT2D eigenvalue weighted by Gasteiger charge is 2.16. The minimum absolute atomic E-state index is 0.700. The molecule has 1 aliphatic heterocycles. The van der Waals surface area contributed by atoms with Gasteiger partial charge < -0.3 is 14.4 Å². The summed E-state index contributed by atoms with van der Waals surface area (Å²) in [5.41, 5.74) is 4.12. The summed E-state index contributed by atoms with van der Waals surface area (Å²) in [7, 11) is 1.67. The number of ether oxygens (including phenoxy) is 2. The molecular weight excluding hydrogens is 354 g/mol. The Hall–Kier alpha value is -2.93. The number of hydrogen-bond acceptors (Lipinski definition) is 6. The van der Waals surface area contributed by atoms with Crippen LogP contribution in [0.1, 0.15) is 18.2 Å². The summed E-state index contributed by atoms with van der Waals surface area (Å²) < 4.78 is 12.6. The summed E-state index contributed by atoms with van der Waals surface area (Å²) in [6, 6.07) is 10.1. The number of aryl methyl sites for hydroxylation is 1. The minimum Gasteiger partial charge on any atom is -0.497 e. The molecule has 7 nitrogen and oxygen atoms in total. The lowest BCUT2D eigenvalue weighted by molar-refractivity contribution is 0.122. The Labute approximate surface area is 164 Å². The molecule has 0 spiro atoms. The van der Waals surface area contributed by atoms with Gasteiger partial charge in [-0.25, -0.2) is 9.97 Å². The topological polar surface area (TPSA) is 65.3 Å². The van der Waals surface area contributed by atoms with Crippen LogP contribution in [-0.4, -0.2) is 53.2 Å². The fourth-order valence-corrected chi connectivity index (χ4v) is 3.22. The van der Waals surface area contributed by atoms with E-state index in [2.05, 4.69) is 35.1 Å². The quantitative estimate of drug-likeness (QED) is 0.656. The van der Waals surface area contributed by atoms with E-state index in [1.54, 1.807) is 7.11 Å². The molecule has 1 aromatic carbocycles. The number of morpholine rings is 1. The van der Waals surface area contributed by atoms with Crippen molar-refractivity contribution in [2.24, 2.45) is 0 Å². The third-order valence-corrected chi connectivity index (χ3v) is 4.86. The largest absolute Gasteiger partial charge is 0.497 e. The van der Waals surface area contributed by atoms with E-state index in [4.69, 9.17) is 19.4 Å². The van der Waals surface area contributed by atoms with Gasteiger partial charge >= 0.3 is 0 Å². The summed E-state index contributed by atoms with van der Waals surface area (Å²) >= 11 is 0. The molecule has 1 fully saturated rings. The average Bonchev–Trinajstić information content (AvgIpc) is 3.23. The zero-order chi connectivity index (χ0) is 19.3. The molecule has 4 rings (SSSR count). The highest BCUT2D eigenvalue weighted by Crippen LogP contribution is 2.22. The van der Waals surface area contributed by atoms with Gasteiger partial charge in [0.05, 0.1) is 38.8 Å². The van der Waals surface area contributed by atoms with Gasteiger partial charge in [-0.1, -0.05) is 19.1 Å². The number of anilines is 1. The van der Waals surface area contributed by atoms with E-state index in [0.29, 0.717) is 6.54 Å². The molecule has 3 aromatic rings. The van der Waals surface area contributed by atoms with Crippen molar-refractivity contribution >= 4 is 5.95 Å². The number of methoxy groups -OCH3 is 1. The Morgan fingerprint density at radius 1 is 1.11 bits per heavy atom. The van der Waals surface area contributed by atoms with Crippen LogP contribution in [0.4, 0.5) is 5.95 Å². The molecule has 0 N–H and O–H groups in total. The number of nitrogens with zero attached hydrogens (tertiary/aromatic N) is 5. The lowest BCUT2D eigenvalue weighted by Gasteiger charge is -2.27. The molecule has 7 heteroatoms. The van der Waals surface area contributed by atoms with Gasteiger partial charge in [0.1, 0.15) is 5.75 Å². The van der Waals surface area contributed by atoms with Crippen LogP contribution in [0.3, 0.4) is 0 Å². The molecule has 0 unspecified atom stereocenters. The predicted octanol–water partition coefficient (Wildman–Crippen LogP) is 2.80. The van der Waals surface area contributed by atoms with Crippen LogP contribution in [0.15, 0.2) is 42.7 Å². The fourth-order valence-electron chi connectivity index (χ4n) is 3.22. The van der Waals surface area contributed by atoms with Crippen molar-refractivity contribution in [2.45, 2.75) is 19.9 Å². The van der Waals surface area contributed by atoms with E-state index in [1.165, 1.54) is 5.56 Å². The van der Waals surface area contributed by atoms with Gasteiger partial charge in [-0.05, 0) is 30.2 Å². The Bertz CT molecular complexity index is 917. The highest BCUT2D eigenvalue weighted by atomic mass is 16.5. The number of rotatable bonds is 6. The van der Waals surface area contributed by atoms with Gasteiger partial charge in [0.15, 0.2) is 0 Å². The molecule has 1 saturated heterocycles. The van der Waals surface area contributed by atoms with Gasteiger partial charge in [0.2, 0.25) is 5.95 Å². The van der Waals surface area contributed by atoms with Crippen molar-refractivity contribution < 1.29 is 9.47 Å². The van der Waals surface area contributed by atoms with Crippen LogP contribution in [0.25, 0.3) is 11.3 Å². The fraction of sp³-hybridized carbons (Fsp3) is 0.381. The smallest absolute Gasteiger partial charge is 0.226 e. The summed E-state index contributed by atoms with van der Waals surface area (Å²) in [5.74, 6) is 1.63. The van der Waals surface area contributed by atoms with Crippen molar-refractivity contribution in [2.75, 3.05) is 38.3 Å². The van der Waals surface area contributed by atoms with E-state index in [9.17, 15) is 0 Å². The molecule has 0 saturated carbocycles. The van der Waals surface area contributed by atoms with Gasteiger partial charge in [0, 0.05) is 30.5 Å². The van der Waals surface area contributed by atoms with Crippen molar-refractivity contribution in [3.63, 3.8) is 0 Å². The van der Waals surface area contributed by atoms with E-state index >= 15 is 0 Å². The van der Waals surface area contributed by atoms with Crippen LogP contribution < -0.4 is 9.64 Å². The average molecular weight is 379 g/mol. The van der Waals surface area contributed by atoms with Crippen molar-refractivity contribution in [3.8, 4) is 17.0 Å². The summed E-state index contributed by atoms with van der Waals surface area (Å²) in [4.78, 5) is 11.7. The zero-order valence-corrected chi connectivity index (χ0v) is 16.3. The molecule has 28 heavy (non-hydrogen) atoms. The number of benzene rings is 1. The molecule has 0 bridgehead atoms. The normalized spacial score (nSPS) is 14.3. The van der Waals surface area contributed by atoms with Gasteiger partial charge in [-0.15, -0.1) is 0 Å². The molecule has 146 valence electrons. The van der Waals surface area contributed by atoms with Crippen molar-refractivity contribution in [1.82, 2.24) is 19.7 Å². The maximum atomic E-state index is 5.45. The van der Waals surface area contributed by atoms with E-state index in [-0.39, 0.29) is 0 Å². The lowest BCUT2D eigenvalue weighted by Crippen LogP contribution is -2.37. The summed E-state index contributed by atoms with van der Waals surface area (Å²) in [6.45, 7) is 5.89. The summed E-state index contributed by atoms with van der Waals surface area (Å²) in [5, 5.41) is 4.52. The van der Waals surface area contributed by atoms with E-state index in [0.717, 1.165) is 61.4 Å². The van der Waals surface area contributed by atoms with Crippen LogP contribution >= 0.6 is 0 Å². The van der Waals surface area contributed by atoms with E-state index < -0.39 is 0 Å². The Balaban J connectivity index is 1.56. The third kappa shape index (κ3) is 4.14. The van der Waals surface area contributed by atoms with Crippen molar-refractivity contribution in [3.05, 3.63) is 54.0 Å². The maximum Gasteiger partial charge on any atom is 0.226 e. The Morgan fingerprint density at radius 3 is 2.61 bits per heavy atom. The maximum absolute atomic E-state index is 5.45. The third-order valence-electron chi connectivity index (χ3n) is 4.86. The Morgan fingerprint density at radius 2 is 1.89 bits per heavy atom. The Kier molecular flexibility index (Phi) is 5.53. The van der Waals surface area contributed by atoms with Gasteiger partial charge in [0.25, 0.3) is 0 Å². The van der Waals surface area contributed by atoms with E-state index in [1.807, 2.05) is 29.2 Å². The molecular formula is C21H25N5O2. The SMILES string of the molecule is CCc1cc(-c2cnn(Cc3ccc(OC)cc3)c2)nc(N2CCOCC2)n1. The standard InChI is InChI=1S/C21H25N5O2/c1-3-18-12-20(24-21(23-18)25-8-10-28-11-9-25)17-13-22-26(15-17)14-16-4-6-19(27-2)7-5-16/h4-7,12-13,15H,3,8-11,14H2,1-2H3. The molecule has 3 heterocycles. The zero-order valence-electron chi connectivity index (χ0n) is 16.3. The number of aromatic nitrogens is 4. The van der Waals surface area contributed by atoms with Gasteiger partial charge in [-0.3, -0.25) is 4.68 Å². The van der Waals surface area contributed by atoms with Crippen LogP contribution in [0.5, 0.6) is 5.75 Å². The molecule has 0 atom stereocenters.